The zero-order valence-electron chi connectivity index (χ0n) is 11.0. The van der Waals surface area contributed by atoms with E-state index >= 15 is 0 Å². The van der Waals surface area contributed by atoms with Crippen LogP contribution < -0.4 is 5.32 Å². The molecule has 1 aromatic rings. The number of nitrogens with one attached hydrogen (secondary N) is 1. The number of halogens is 2. The van der Waals surface area contributed by atoms with E-state index in [0.29, 0.717) is 5.88 Å². The van der Waals surface area contributed by atoms with Crippen LogP contribution in [0.25, 0.3) is 0 Å². The first-order chi connectivity index (χ1) is 8.54. The number of anilines is 1. The molecule has 1 N–H and O–H groups in total. The molecular weight excluding hydrogens is 312 g/mol. The zero-order valence-corrected chi connectivity index (χ0v) is 13.3. The minimum absolute atomic E-state index is 0.0203. The average molecular weight is 332 g/mol. The molecule has 0 amide bonds. The molecule has 0 aliphatic heterocycles. The van der Waals surface area contributed by atoms with Gasteiger partial charge in [0.15, 0.2) is 0 Å². The lowest BCUT2D eigenvalue weighted by atomic mass is 9.77. The summed E-state index contributed by atoms with van der Waals surface area (Å²) in [7, 11) is 0. The summed E-state index contributed by atoms with van der Waals surface area (Å²) in [6.07, 6.45) is 6.68. The summed E-state index contributed by atoms with van der Waals surface area (Å²) in [4.78, 5) is 4.43. The Morgan fingerprint density at radius 2 is 2.39 bits per heavy atom. The highest BCUT2D eigenvalue weighted by atomic mass is 79.9. The molecule has 1 saturated carbocycles. The summed E-state index contributed by atoms with van der Waals surface area (Å²) in [6.45, 7) is 4.39. The maximum atomic E-state index is 6.22. The molecular formula is C14H20BrClN2. The lowest BCUT2D eigenvalue weighted by molar-refractivity contribution is 0.279. The maximum absolute atomic E-state index is 6.22. The summed E-state index contributed by atoms with van der Waals surface area (Å²) >= 11 is 9.70. The number of hydrogen-bond donors (Lipinski definition) is 1. The average Bonchev–Trinajstić information content (AvgIpc) is 2.34. The Morgan fingerprint density at radius 1 is 1.61 bits per heavy atom. The van der Waals surface area contributed by atoms with Crippen molar-refractivity contribution in [2.24, 2.45) is 5.92 Å². The van der Waals surface area contributed by atoms with Gasteiger partial charge in [0.1, 0.15) is 5.82 Å². The van der Waals surface area contributed by atoms with E-state index in [0.717, 1.165) is 29.1 Å². The maximum Gasteiger partial charge on any atom is 0.126 e. The van der Waals surface area contributed by atoms with Gasteiger partial charge in [0.2, 0.25) is 0 Å². The first kappa shape index (κ1) is 14.1. The summed E-state index contributed by atoms with van der Waals surface area (Å²) in [5.41, 5.74) is 1.22. The minimum Gasteiger partial charge on any atom is -0.363 e. The van der Waals surface area contributed by atoms with Crippen molar-refractivity contribution in [1.29, 1.82) is 0 Å². The molecule has 0 radical (unpaired) electrons. The third-order valence-corrected chi connectivity index (χ3v) is 5.13. The number of rotatable bonds is 3. The summed E-state index contributed by atoms with van der Waals surface area (Å²) in [5, 5.41) is 3.58. The van der Waals surface area contributed by atoms with Crippen molar-refractivity contribution in [3.8, 4) is 0 Å². The number of alkyl halides is 1. The van der Waals surface area contributed by atoms with Crippen LogP contribution in [0, 0.1) is 12.8 Å². The van der Waals surface area contributed by atoms with Crippen molar-refractivity contribution < 1.29 is 0 Å². The highest BCUT2D eigenvalue weighted by molar-refractivity contribution is 9.10. The Morgan fingerprint density at radius 3 is 3.00 bits per heavy atom. The molecule has 1 aliphatic carbocycles. The molecule has 4 heteroatoms. The van der Waals surface area contributed by atoms with Crippen LogP contribution >= 0.6 is 27.5 Å². The Labute approximate surface area is 123 Å². The van der Waals surface area contributed by atoms with E-state index in [4.69, 9.17) is 11.6 Å². The topological polar surface area (TPSA) is 24.9 Å². The molecule has 2 atom stereocenters. The molecule has 1 aliphatic rings. The van der Waals surface area contributed by atoms with Gasteiger partial charge in [-0.25, -0.2) is 4.98 Å². The summed E-state index contributed by atoms with van der Waals surface area (Å²) in [5.74, 6) is 2.32. The Bertz CT molecular complexity index is 424. The second kappa shape index (κ2) is 5.79. The predicted molar refractivity (Wildman–Crippen MR) is 81.4 cm³/mol. The molecule has 0 spiro atoms. The van der Waals surface area contributed by atoms with Gasteiger partial charge in [-0.1, -0.05) is 19.8 Å². The van der Waals surface area contributed by atoms with Crippen molar-refractivity contribution in [3.63, 3.8) is 0 Å². The highest BCUT2D eigenvalue weighted by Gasteiger charge is 2.34. The number of aryl methyl sites for hydroxylation is 1. The van der Waals surface area contributed by atoms with E-state index < -0.39 is 0 Å². The van der Waals surface area contributed by atoms with E-state index in [1.807, 2.05) is 6.20 Å². The van der Waals surface area contributed by atoms with Crippen LogP contribution in [0.4, 0.5) is 5.82 Å². The van der Waals surface area contributed by atoms with Crippen molar-refractivity contribution in [3.05, 3.63) is 22.3 Å². The van der Waals surface area contributed by atoms with Crippen molar-refractivity contribution in [2.75, 3.05) is 11.2 Å². The van der Waals surface area contributed by atoms with Crippen LogP contribution in [0.3, 0.4) is 0 Å². The van der Waals surface area contributed by atoms with Gasteiger partial charge in [0.25, 0.3) is 0 Å². The highest BCUT2D eigenvalue weighted by Crippen LogP contribution is 2.35. The van der Waals surface area contributed by atoms with Crippen LogP contribution in [0.5, 0.6) is 0 Å². The van der Waals surface area contributed by atoms with E-state index in [9.17, 15) is 0 Å². The van der Waals surface area contributed by atoms with Gasteiger partial charge in [-0.3, -0.25) is 0 Å². The number of hydrogen-bond acceptors (Lipinski definition) is 2. The molecule has 2 unspecified atom stereocenters. The molecule has 18 heavy (non-hydrogen) atoms. The van der Waals surface area contributed by atoms with Gasteiger partial charge in [-0.15, -0.1) is 11.6 Å². The first-order valence-corrected chi connectivity index (χ1v) is 7.84. The second-order valence-corrected chi connectivity index (χ2v) is 6.68. The Hall–Kier alpha value is -0.280. The normalized spacial score (nSPS) is 28.1. The van der Waals surface area contributed by atoms with E-state index in [2.05, 4.69) is 46.1 Å². The molecule has 100 valence electrons. The first-order valence-electron chi connectivity index (χ1n) is 6.51. The molecule has 1 heterocycles. The lowest BCUT2D eigenvalue weighted by Crippen LogP contribution is -2.44. The van der Waals surface area contributed by atoms with Gasteiger partial charge in [0, 0.05) is 16.5 Å². The Kier molecular flexibility index (Phi) is 4.54. The van der Waals surface area contributed by atoms with Crippen LogP contribution in [-0.2, 0) is 0 Å². The Balaban J connectivity index is 2.16. The van der Waals surface area contributed by atoms with Gasteiger partial charge in [0.05, 0.1) is 5.54 Å². The van der Waals surface area contributed by atoms with Crippen molar-refractivity contribution in [2.45, 2.75) is 45.1 Å². The van der Waals surface area contributed by atoms with Crippen molar-refractivity contribution >= 4 is 33.3 Å². The lowest BCUT2D eigenvalue weighted by Gasteiger charge is -2.39. The van der Waals surface area contributed by atoms with Gasteiger partial charge in [-0.2, -0.15) is 0 Å². The fourth-order valence-corrected chi connectivity index (χ4v) is 3.33. The largest absolute Gasteiger partial charge is 0.363 e. The molecule has 0 bridgehead atoms. The number of pyridine rings is 1. The quantitative estimate of drug-likeness (QED) is 0.808. The summed E-state index contributed by atoms with van der Waals surface area (Å²) in [6, 6.07) is 2.08. The zero-order chi connectivity index (χ0) is 13.2. The third-order valence-electron chi connectivity index (χ3n) is 3.79. The minimum atomic E-state index is 0.0203. The molecule has 1 fully saturated rings. The third kappa shape index (κ3) is 3.18. The monoisotopic (exact) mass is 330 g/mol. The molecule has 2 nitrogen and oxygen atoms in total. The van der Waals surface area contributed by atoms with Crippen LogP contribution in [0.2, 0.25) is 0 Å². The fraction of sp³-hybridized carbons (Fsp3) is 0.643. The summed E-state index contributed by atoms with van der Waals surface area (Å²) < 4.78 is 1.05. The molecule has 0 aromatic carbocycles. The van der Waals surface area contributed by atoms with Crippen LogP contribution in [-0.4, -0.2) is 16.4 Å². The predicted octanol–water partition coefficient (Wildman–Crippen LogP) is 4.75. The van der Waals surface area contributed by atoms with Crippen LogP contribution in [0.15, 0.2) is 16.7 Å². The second-order valence-electron chi connectivity index (χ2n) is 5.56. The van der Waals surface area contributed by atoms with Crippen LogP contribution in [0.1, 0.15) is 38.2 Å². The number of aromatic nitrogens is 1. The van der Waals surface area contributed by atoms with Crippen molar-refractivity contribution in [1.82, 2.24) is 4.98 Å². The molecule has 2 rings (SSSR count). The van der Waals surface area contributed by atoms with E-state index in [-0.39, 0.29) is 5.54 Å². The number of nitrogens with zero attached hydrogens (tertiary/aromatic N) is 1. The standard InChI is InChI=1S/C14H20BrClN2/c1-10-4-3-5-14(7-10,9-16)18-13-6-11(2)12(15)8-17-13/h6,8,10H,3-5,7,9H2,1-2H3,(H,17,18). The van der Waals surface area contributed by atoms with Gasteiger partial charge in [-0.05, 0) is 53.2 Å². The van der Waals surface area contributed by atoms with E-state index in [1.165, 1.54) is 18.4 Å². The fourth-order valence-electron chi connectivity index (χ4n) is 2.81. The SMILES string of the molecule is Cc1cc(NC2(CCl)CCCC(C)C2)ncc1Br. The van der Waals surface area contributed by atoms with Gasteiger partial charge >= 0.3 is 0 Å². The van der Waals surface area contributed by atoms with Gasteiger partial charge < -0.3 is 5.32 Å². The van der Waals surface area contributed by atoms with E-state index in [1.54, 1.807) is 0 Å². The smallest absolute Gasteiger partial charge is 0.126 e. The molecule has 1 aromatic heterocycles. The molecule has 0 saturated heterocycles.